The van der Waals surface area contributed by atoms with Crippen molar-refractivity contribution in [2.75, 3.05) is 13.7 Å². The van der Waals surface area contributed by atoms with Gasteiger partial charge in [0.05, 0.1) is 11.8 Å². The molecule has 0 amide bonds. The van der Waals surface area contributed by atoms with E-state index in [1.165, 1.54) is 14.0 Å². The molecule has 3 N–H and O–H groups in total. The molecule has 9 nitrogen and oxygen atoms in total. The molecule has 36 heavy (non-hydrogen) atoms. The highest BCUT2D eigenvalue weighted by molar-refractivity contribution is 5.93. The first-order valence-electron chi connectivity index (χ1n) is 12.1. The van der Waals surface area contributed by atoms with Crippen molar-refractivity contribution in [3.63, 3.8) is 0 Å². The summed E-state index contributed by atoms with van der Waals surface area (Å²) in [5.41, 5.74) is 2.53. The van der Waals surface area contributed by atoms with E-state index in [1.807, 2.05) is 58.2 Å². The third kappa shape index (κ3) is 6.81. The number of carbonyl (C=O) groups is 1. The molecule has 4 atom stereocenters. The van der Waals surface area contributed by atoms with Gasteiger partial charge >= 0.3 is 0 Å². The van der Waals surface area contributed by atoms with E-state index in [-0.39, 0.29) is 30.4 Å². The maximum Gasteiger partial charge on any atom is 0.198 e. The van der Waals surface area contributed by atoms with Crippen molar-refractivity contribution in [3.8, 4) is 0 Å². The second kappa shape index (κ2) is 11.8. The molecule has 0 saturated carbocycles. The zero-order valence-corrected chi connectivity index (χ0v) is 21.8. The fourth-order valence-corrected chi connectivity index (χ4v) is 4.31. The molecule has 9 heteroatoms. The Kier molecular flexibility index (Phi) is 9.05. The van der Waals surface area contributed by atoms with E-state index in [1.54, 1.807) is 6.26 Å². The summed E-state index contributed by atoms with van der Waals surface area (Å²) in [6, 6.07) is 7.99. The Bertz CT molecular complexity index is 1170. The van der Waals surface area contributed by atoms with Crippen LogP contribution in [0.3, 0.4) is 0 Å². The summed E-state index contributed by atoms with van der Waals surface area (Å²) in [5, 5.41) is 25.5. The summed E-state index contributed by atoms with van der Waals surface area (Å²) < 4.78 is 11.2. The van der Waals surface area contributed by atoms with Gasteiger partial charge in [-0.2, -0.15) is 0 Å². The number of para-hydroxylation sites is 1. The molecule has 0 saturated heterocycles. The van der Waals surface area contributed by atoms with Crippen molar-refractivity contribution in [2.45, 2.75) is 71.7 Å². The number of carbonyl (C=O) groups excluding carboxylic acids is 1. The van der Waals surface area contributed by atoms with Crippen LogP contribution in [-0.4, -0.2) is 63.7 Å². The number of methoxy groups -OCH3 is 1. The van der Waals surface area contributed by atoms with Crippen LogP contribution in [0.4, 0.5) is 0 Å². The number of aromatic amines is 1. The van der Waals surface area contributed by atoms with Gasteiger partial charge in [-0.3, -0.25) is 4.79 Å². The van der Waals surface area contributed by atoms with Gasteiger partial charge in [-0.25, -0.2) is 4.98 Å². The molecule has 0 aliphatic carbocycles. The summed E-state index contributed by atoms with van der Waals surface area (Å²) in [5.74, 6) is 0.00361. The molecule has 3 aromatic rings. The quantitative estimate of drug-likeness (QED) is 0.254. The van der Waals surface area contributed by atoms with Crippen LogP contribution in [0.15, 0.2) is 46.3 Å². The van der Waals surface area contributed by atoms with Crippen LogP contribution in [0.25, 0.3) is 10.9 Å². The average molecular weight is 500 g/mol. The predicted molar refractivity (Wildman–Crippen MR) is 137 cm³/mol. The van der Waals surface area contributed by atoms with Crippen LogP contribution >= 0.6 is 0 Å². The molecule has 1 aromatic carbocycles. The number of ketones is 1. The minimum atomic E-state index is -1.30. The lowest BCUT2D eigenvalue weighted by Crippen LogP contribution is -2.46. The Morgan fingerprint density at radius 3 is 2.58 bits per heavy atom. The highest BCUT2D eigenvalue weighted by Crippen LogP contribution is 2.29. The lowest BCUT2D eigenvalue weighted by Gasteiger charge is -2.32. The van der Waals surface area contributed by atoms with E-state index in [4.69, 9.17) is 14.0 Å². The summed E-state index contributed by atoms with van der Waals surface area (Å²) in [4.78, 5) is 26.0. The summed E-state index contributed by atoms with van der Waals surface area (Å²) >= 11 is 0. The molecule has 2 aromatic heterocycles. The molecule has 3 rings (SSSR count). The minimum Gasteiger partial charge on any atom is -0.448 e. The molecule has 0 spiro atoms. The van der Waals surface area contributed by atoms with E-state index in [2.05, 4.69) is 15.1 Å². The maximum atomic E-state index is 12.9. The Balaban J connectivity index is 1.75. The molecular formula is C27H37N3O6. The van der Waals surface area contributed by atoms with Crippen molar-refractivity contribution in [1.82, 2.24) is 9.97 Å². The number of rotatable bonds is 12. The van der Waals surface area contributed by atoms with Gasteiger partial charge in [0.2, 0.25) is 0 Å². The number of benzene rings is 1. The number of nitrogens with zero attached hydrogens (tertiary/aromatic N) is 2. The molecule has 0 aliphatic rings. The lowest BCUT2D eigenvalue weighted by atomic mass is 9.83. The molecule has 196 valence electrons. The third-order valence-electron chi connectivity index (χ3n) is 6.05. The standard InChI is InChI=1S/C27H37N3O6/c1-16-14-35-26(29-16)18(11-19-13-28-22-10-8-7-9-21(19)22)12-20(32)15-36-30-23(24(33)17(2)31)25(34-6)27(3,4)5/h7-10,13-14,17-18,24-25,28,31,33H,11-12,15H2,1-6H3/b30-23+/t17-,18-,24+,25-/m1/s1. The second-order valence-electron chi connectivity index (χ2n) is 10.3. The van der Waals surface area contributed by atoms with Crippen LogP contribution in [0.5, 0.6) is 0 Å². The minimum absolute atomic E-state index is 0.131. The number of aromatic nitrogens is 2. The first-order chi connectivity index (χ1) is 17.0. The van der Waals surface area contributed by atoms with E-state index >= 15 is 0 Å². The number of H-pyrrole nitrogens is 1. The molecule has 0 unspecified atom stereocenters. The predicted octanol–water partition coefficient (Wildman–Crippen LogP) is 3.93. The number of aliphatic hydroxyl groups is 2. The zero-order valence-electron chi connectivity index (χ0n) is 21.8. The number of hydrogen-bond donors (Lipinski definition) is 3. The Morgan fingerprint density at radius 2 is 1.97 bits per heavy atom. The Morgan fingerprint density at radius 1 is 1.25 bits per heavy atom. The monoisotopic (exact) mass is 499 g/mol. The second-order valence-corrected chi connectivity index (χ2v) is 10.3. The first-order valence-corrected chi connectivity index (χ1v) is 12.1. The highest BCUT2D eigenvalue weighted by atomic mass is 16.6. The van der Waals surface area contributed by atoms with E-state index in [0.29, 0.717) is 12.3 Å². The van der Waals surface area contributed by atoms with Crippen molar-refractivity contribution >= 4 is 22.4 Å². The number of oxime groups is 1. The average Bonchev–Trinajstić information content (AvgIpc) is 3.43. The van der Waals surface area contributed by atoms with Crippen molar-refractivity contribution in [3.05, 3.63) is 53.9 Å². The molecular weight excluding hydrogens is 462 g/mol. The number of Topliss-reactive ketones (excluding diaryl/α,β-unsaturated/α-hetero) is 1. The smallest absolute Gasteiger partial charge is 0.198 e. The molecule has 0 radical (unpaired) electrons. The molecule has 2 heterocycles. The summed E-state index contributed by atoms with van der Waals surface area (Å²) in [6.45, 7) is 8.75. The Labute approximate surface area is 211 Å². The van der Waals surface area contributed by atoms with Gasteiger partial charge in [-0.1, -0.05) is 44.1 Å². The first kappa shape index (κ1) is 27.6. The maximum absolute atomic E-state index is 12.9. The summed E-state index contributed by atoms with van der Waals surface area (Å²) in [6.07, 6.45) is 1.20. The van der Waals surface area contributed by atoms with Gasteiger partial charge in [0, 0.05) is 36.5 Å². The van der Waals surface area contributed by atoms with E-state index in [0.717, 1.165) is 22.2 Å². The van der Waals surface area contributed by atoms with Gasteiger partial charge in [0.1, 0.15) is 24.2 Å². The van der Waals surface area contributed by atoms with Crippen LogP contribution in [0, 0.1) is 12.3 Å². The van der Waals surface area contributed by atoms with E-state index in [9.17, 15) is 15.0 Å². The zero-order chi connectivity index (χ0) is 26.5. The van der Waals surface area contributed by atoms with Crippen molar-refractivity contribution in [1.29, 1.82) is 0 Å². The normalized spacial score (nSPS) is 16.1. The van der Waals surface area contributed by atoms with Crippen molar-refractivity contribution in [2.24, 2.45) is 10.6 Å². The van der Waals surface area contributed by atoms with Crippen molar-refractivity contribution < 1.29 is 29.0 Å². The van der Waals surface area contributed by atoms with Gasteiger partial charge < -0.3 is 29.2 Å². The molecule has 0 bridgehead atoms. The highest BCUT2D eigenvalue weighted by Gasteiger charge is 2.36. The number of ether oxygens (including phenoxy) is 1. The number of nitrogens with one attached hydrogen (secondary N) is 1. The number of aliphatic hydroxyl groups excluding tert-OH is 2. The fraction of sp³-hybridized carbons (Fsp3) is 0.519. The Hall–Kier alpha value is -3.01. The van der Waals surface area contributed by atoms with Crippen LogP contribution in [-0.2, 0) is 20.8 Å². The number of hydrogen-bond acceptors (Lipinski definition) is 8. The lowest BCUT2D eigenvalue weighted by molar-refractivity contribution is -0.124. The van der Waals surface area contributed by atoms with Crippen LogP contribution in [0.2, 0.25) is 0 Å². The molecule has 0 aliphatic heterocycles. The third-order valence-corrected chi connectivity index (χ3v) is 6.05. The van der Waals surface area contributed by atoms with Gasteiger partial charge in [0.15, 0.2) is 18.3 Å². The fourth-order valence-electron chi connectivity index (χ4n) is 4.31. The number of fused-ring (bicyclic) bond motifs is 1. The largest absolute Gasteiger partial charge is 0.448 e. The number of aryl methyl sites for hydroxylation is 1. The van der Waals surface area contributed by atoms with Gasteiger partial charge in [-0.05, 0) is 37.3 Å². The molecule has 0 fully saturated rings. The van der Waals surface area contributed by atoms with E-state index < -0.39 is 23.7 Å². The van der Waals surface area contributed by atoms with Crippen LogP contribution in [0.1, 0.15) is 57.2 Å². The number of oxazole rings is 1. The van der Waals surface area contributed by atoms with Crippen LogP contribution < -0.4 is 0 Å². The summed E-state index contributed by atoms with van der Waals surface area (Å²) in [7, 11) is 1.50. The van der Waals surface area contributed by atoms with Gasteiger partial charge in [0.25, 0.3) is 0 Å². The van der Waals surface area contributed by atoms with Gasteiger partial charge in [-0.15, -0.1) is 0 Å². The SMILES string of the molecule is CO[C@H](/C(=N/OCC(=O)C[C@@H](Cc1c[nH]c2ccccc12)c1nc(C)co1)[C@@H](O)[C@@H](C)O)C(C)(C)C. The topological polar surface area (TPSA) is 130 Å².